The molecule has 1 atom stereocenters. The Kier molecular flexibility index (Phi) is 5.93. The van der Waals surface area contributed by atoms with Crippen LogP contribution in [0.4, 0.5) is 0 Å². The molecule has 0 saturated heterocycles. The van der Waals surface area contributed by atoms with Gasteiger partial charge >= 0.3 is 0 Å². The van der Waals surface area contributed by atoms with Crippen molar-refractivity contribution in [1.29, 1.82) is 0 Å². The Labute approximate surface area is 56.3 Å². The third-order valence-corrected chi connectivity index (χ3v) is 0.795. The van der Waals surface area contributed by atoms with E-state index in [0.29, 0.717) is 6.61 Å². The normalized spacial score (nSPS) is 13.7. The molecule has 3 nitrogen and oxygen atoms in total. The molecule has 0 saturated carbocycles. The summed E-state index contributed by atoms with van der Waals surface area (Å²) in [7, 11) is 0. The van der Waals surface area contributed by atoms with Crippen LogP contribution in [0, 0.1) is 0 Å². The number of hydroxylamine groups is 1. The molecule has 0 aliphatic rings. The van der Waals surface area contributed by atoms with Crippen LogP contribution in [0.5, 0.6) is 0 Å². The van der Waals surface area contributed by atoms with Gasteiger partial charge in [-0.3, -0.25) is 4.84 Å². The zero-order valence-corrected chi connectivity index (χ0v) is 6.31. The lowest BCUT2D eigenvalue weighted by molar-refractivity contribution is -0.165. The Hall–Kier alpha value is -0.120. The molecule has 0 amide bonds. The second kappa shape index (κ2) is 6.01. The van der Waals surface area contributed by atoms with Crippen LogP contribution in [0.2, 0.25) is 0 Å². The van der Waals surface area contributed by atoms with Gasteiger partial charge in [0.1, 0.15) is 0 Å². The number of hydrogen-bond acceptors (Lipinski definition) is 3. The van der Waals surface area contributed by atoms with E-state index in [1.165, 1.54) is 0 Å². The lowest BCUT2D eigenvalue weighted by atomic mass is 10.7. The van der Waals surface area contributed by atoms with E-state index in [-0.39, 0.29) is 6.29 Å². The van der Waals surface area contributed by atoms with Gasteiger partial charge in [0.15, 0.2) is 6.29 Å². The first-order valence-electron chi connectivity index (χ1n) is 3.31. The molecule has 0 radical (unpaired) electrons. The summed E-state index contributed by atoms with van der Waals surface area (Å²) in [6.45, 7) is 7.25. The van der Waals surface area contributed by atoms with Crippen LogP contribution in [-0.2, 0) is 9.57 Å². The van der Waals surface area contributed by atoms with Crippen molar-refractivity contribution < 1.29 is 9.57 Å². The largest absolute Gasteiger partial charge is 0.351 e. The van der Waals surface area contributed by atoms with E-state index in [0.717, 1.165) is 6.54 Å². The second-order valence-corrected chi connectivity index (χ2v) is 1.64. The van der Waals surface area contributed by atoms with Crippen molar-refractivity contribution in [2.75, 3.05) is 13.2 Å². The molecule has 3 heteroatoms. The van der Waals surface area contributed by atoms with Gasteiger partial charge in [-0.2, -0.15) is 5.48 Å². The summed E-state index contributed by atoms with van der Waals surface area (Å²) in [6, 6.07) is 0. The molecule has 0 aromatic carbocycles. The molecular formula is C6H15NO2. The van der Waals surface area contributed by atoms with Crippen molar-refractivity contribution in [1.82, 2.24) is 5.48 Å². The molecule has 9 heavy (non-hydrogen) atoms. The molecule has 0 rings (SSSR count). The third kappa shape index (κ3) is 5.76. The molecule has 1 N–H and O–H groups in total. The first-order valence-corrected chi connectivity index (χ1v) is 3.31. The highest BCUT2D eigenvalue weighted by molar-refractivity contribution is 4.25. The van der Waals surface area contributed by atoms with E-state index < -0.39 is 0 Å². The van der Waals surface area contributed by atoms with E-state index in [2.05, 4.69) is 5.48 Å². The number of rotatable bonds is 5. The summed E-state index contributed by atoms with van der Waals surface area (Å²) in [5.41, 5.74) is 2.71. The number of hydrogen-bond donors (Lipinski definition) is 1. The fourth-order valence-electron chi connectivity index (χ4n) is 0.469. The Morgan fingerprint density at radius 1 is 1.44 bits per heavy atom. The lowest BCUT2D eigenvalue weighted by Crippen LogP contribution is -2.23. The van der Waals surface area contributed by atoms with Gasteiger partial charge in [-0.25, -0.2) is 0 Å². The minimum Gasteiger partial charge on any atom is -0.351 e. The van der Waals surface area contributed by atoms with E-state index in [1.54, 1.807) is 0 Å². The molecule has 0 aromatic rings. The SMILES string of the molecule is CCNOC(C)OCC. The summed E-state index contributed by atoms with van der Waals surface area (Å²) in [5.74, 6) is 0. The quantitative estimate of drug-likeness (QED) is 0.446. The van der Waals surface area contributed by atoms with Crippen LogP contribution in [-0.4, -0.2) is 19.4 Å². The Bertz CT molecular complexity index is 59.0. The van der Waals surface area contributed by atoms with Crippen molar-refractivity contribution in [3.63, 3.8) is 0 Å². The zero-order valence-electron chi connectivity index (χ0n) is 6.31. The van der Waals surface area contributed by atoms with Gasteiger partial charge in [0.25, 0.3) is 0 Å². The summed E-state index contributed by atoms with van der Waals surface area (Å²) in [4.78, 5) is 4.96. The summed E-state index contributed by atoms with van der Waals surface area (Å²) >= 11 is 0. The number of nitrogens with one attached hydrogen (secondary N) is 1. The van der Waals surface area contributed by atoms with Crippen molar-refractivity contribution in [3.8, 4) is 0 Å². The highest BCUT2D eigenvalue weighted by atomic mass is 16.8. The van der Waals surface area contributed by atoms with Crippen LogP contribution in [0.3, 0.4) is 0 Å². The van der Waals surface area contributed by atoms with Crippen molar-refractivity contribution in [3.05, 3.63) is 0 Å². The standard InChI is InChI=1S/C6H15NO2/c1-4-7-9-6(3)8-5-2/h6-7H,4-5H2,1-3H3. The van der Waals surface area contributed by atoms with Crippen LogP contribution in [0.1, 0.15) is 20.8 Å². The molecule has 0 aromatic heterocycles. The molecule has 0 aliphatic heterocycles. The van der Waals surface area contributed by atoms with Gasteiger partial charge < -0.3 is 4.74 Å². The van der Waals surface area contributed by atoms with Crippen LogP contribution in [0.15, 0.2) is 0 Å². The van der Waals surface area contributed by atoms with Crippen molar-refractivity contribution >= 4 is 0 Å². The van der Waals surface area contributed by atoms with Gasteiger partial charge in [0.05, 0.1) is 0 Å². The summed E-state index contributed by atoms with van der Waals surface area (Å²) in [5, 5.41) is 0. The Morgan fingerprint density at radius 2 is 2.11 bits per heavy atom. The van der Waals surface area contributed by atoms with Crippen LogP contribution in [0.25, 0.3) is 0 Å². The summed E-state index contributed by atoms with van der Waals surface area (Å²) < 4.78 is 5.06. The average molecular weight is 133 g/mol. The Balaban J connectivity index is 2.95. The molecule has 0 fully saturated rings. The van der Waals surface area contributed by atoms with E-state index in [4.69, 9.17) is 9.57 Å². The van der Waals surface area contributed by atoms with Crippen molar-refractivity contribution in [2.24, 2.45) is 0 Å². The average Bonchev–Trinajstić information content (AvgIpc) is 1.85. The maximum absolute atomic E-state index is 5.06. The van der Waals surface area contributed by atoms with E-state index in [1.807, 2.05) is 20.8 Å². The first-order chi connectivity index (χ1) is 4.31. The minimum atomic E-state index is -0.144. The molecular weight excluding hydrogens is 118 g/mol. The van der Waals surface area contributed by atoms with Gasteiger partial charge in [0, 0.05) is 13.2 Å². The molecule has 0 aliphatic carbocycles. The van der Waals surface area contributed by atoms with E-state index >= 15 is 0 Å². The maximum atomic E-state index is 5.06. The van der Waals surface area contributed by atoms with Gasteiger partial charge in [-0.1, -0.05) is 6.92 Å². The summed E-state index contributed by atoms with van der Waals surface area (Å²) in [6.07, 6.45) is -0.144. The maximum Gasteiger partial charge on any atom is 0.174 e. The highest BCUT2D eigenvalue weighted by Crippen LogP contribution is 1.87. The molecule has 0 bridgehead atoms. The van der Waals surface area contributed by atoms with Crippen LogP contribution < -0.4 is 5.48 Å². The fraction of sp³-hybridized carbons (Fsp3) is 1.00. The lowest BCUT2D eigenvalue weighted by Gasteiger charge is -2.11. The van der Waals surface area contributed by atoms with Crippen LogP contribution >= 0.6 is 0 Å². The smallest absolute Gasteiger partial charge is 0.174 e. The minimum absolute atomic E-state index is 0.144. The predicted octanol–water partition coefficient (Wildman–Crippen LogP) is 0.910. The molecule has 1 unspecified atom stereocenters. The Morgan fingerprint density at radius 3 is 2.56 bits per heavy atom. The fourth-order valence-corrected chi connectivity index (χ4v) is 0.469. The third-order valence-electron chi connectivity index (χ3n) is 0.795. The first kappa shape index (κ1) is 8.88. The number of ether oxygens (including phenoxy) is 1. The zero-order chi connectivity index (χ0) is 7.11. The van der Waals surface area contributed by atoms with Gasteiger partial charge in [-0.15, -0.1) is 0 Å². The van der Waals surface area contributed by atoms with E-state index in [9.17, 15) is 0 Å². The molecule has 56 valence electrons. The van der Waals surface area contributed by atoms with Gasteiger partial charge in [-0.05, 0) is 13.8 Å². The topological polar surface area (TPSA) is 30.5 Å². The highest BCUT2D eigenvalue weighted by Gasteiger charge is 1.96. The predicted molar refractivity (Wildman–Crippen MR) is 35.8 cm³/mol. The van der Waals surface area contributed by atoms with Gasteiger partial charge in [0.2, 0.25) is 0 Å². The second-order valence-electron chi connectivity index (χ2n) is 1.64. The van der Waals surface area contributed by atoms with Crippen molar-refractivity contribution in [2.45, 2.75) is 27.1 Å². The molecule has 0 spiro atoms. The molecule has 0 heterocycles. The monoisotopic (exact) mass is 133 g/mol.